The van der Waals surface area contributed by atoms with Crippen LogP contribution in [0.25, 0.3) is 5.82 Å². The Balaban J connectivity index is 2.64. The number of halogens is 2. The maximum Gasteiger partial charge on any atom is 0.170 e. The number of nitrogens with zero attached hydrogens (tertiary/aromatic N) is 3. The molecule has 2 aromatic rings. The van der Waals surface area contributed by atoms with Crippen LogP contribution < -0.4 is 0 Å². The first kappa shape index (κ1) is 10.8. The Morgan fingerprint density at radius 1 is 1.13 bits per heavy atom. The first-order valence-electron chi connectivity index (χ1n) is 4.43. The lowest BCUT2D eigenvalue weighted by molar-refractivity contribution is 0.893. The van der Waals surface area contributed by atoms with Crippen LogP contribution in [0.3, 0.4) is 0 Å². The van der Waals surface area contributed by atoms with Crippen molar-refractivity contribution in [2.75, 3.05) is 0 Å². The Morgan fingerprint density at radius 3 is 2.27 bits per heavy atom. The molecule has 0 aliphatic heterocycles. The van der Waals surface area contributed by atoms with Gasteiger partial charge in [-0.3, -0.25) is 0 Å². The Morgan fingerprint density at radius 2 is 1.73 bits per heavy atom. The summed E-state index contributed by atoms with van der Waals surface area (Å²) in [6, 6.07) is 4.12. The van der Waals surface area contributed by atoms with Gasteiger partial charge in [0.15, 0.2) is 10.4 Å². The van der Waals surface area contributed by atoms with Crippen LogP contribution in [0.15, 0.2) is 27.5 Å². The van der Waals surface area contributed by atoms with Crippen molar-refractivity contribution in [2.24, 2.45) is 0 Å². The highest BCUT2D eigenvalue weighted by Crippen LogP contribution is 2.22. The minimum absolute atomic E-state index is 0.723. The van der Waals surface area contributed by atoms with Gasteiger partial charge in [0.2, 0.25) is 0 Å². The molecule has 0 saturated heterocycles. The predicted molar refractivity (Wildman–Crippen MR) is 66.2 cm³/mol. The largest absolute Gasteiger partial charge is 0.301 e. The molecule has 0 aromatic carbocycles. The molecule has 0 saturated carbocycles. The van der Waals surface area contributed by atoms with Crippen LogP contribution in [0.2, 0.25) is 0 Å². The van der Waals surface area contributed by atoms with Gasteiger partial charge in [0.1, 0.15) is 4.60 Å². The molecule has 0 amide bonds. The Labute approximate surface area is 105 Å². The van der Waals surface area contributed by atoms with Gasteiger partial charge in [0.25, 0.3) is 0 Å². The summed E-state index contributed by atoms with van der Waals surface area (Å²) in [7, 11) is 0. The van der Waals surface area contributed by atoms with Crippen molar-refractivity contribution in [2.45, 2.75) is 13.8 Å². The molecule has 0 spiro atoms. The van der Waals surface area contributed by atoms with Crippen LogP contribution in [-0.4, -0.2) is 14.5 Å². The molecule has 5 heteroatoms. The Kier molecular flexibility index (Phi) is 2.93. The van der Waals surface area contributed by atoms with Gasteiger partial charge in [-0.25, -0.2) is 9.97 Å². The minimum Gasteiger partial charge on any atom is -0.301 e. The van der Waals surface area contributed by atoms with E-state index in [1.165, 1.54) is 0 Å². The lowest BCUT2D eigenvalue weighted by Crippen LogP contribution is -2.03. The first-order valence-corrected chi connectivity index (χ1v) is 6.01. The van der Waals surface area contributed by atoms with Gasteiger partial charge in [0.05, 0.1) is 6.20 Å². The first-order chi connectivity index (χ1) is 7.09. The van der Waals surface area contributed by atoms with Crippen LogP contribution >= 0.6 is 31.9 Å². The lowest BCUT2D eigenvalue weighted by Gasteiger charge is -2.09. The van der Waals surface area contributed by atoms with Gasteiger partial charge in [-0.1, -0.05) is 0 Å². The zero-order valence-electron chi connectivity index (χ0n) is 8.33. The van der Waals surface area contributed by atoms with E-state index in [-0.39, 0.29) is 0 Å². The highest BCUT2D eigenvalue weighted by molar-refractivity contribution is 9.11. The highest BCUT2D eigenvalue weighted by Gasteiger charge is 2.10. The molecule has 0 aliphatic carbocycles. The fraction of sp³-hybridized carbons (Fsp3) is 0.200. The van der Waals surface area contributed by atoms with E-state index in [1.807, 2.05) is 13.8 Å². The van der Waals surface area contributed by atoms with E-state index >= 15 is 0 Å². The van der Waals surface area contributed by atoms with Gasteiger partial charge < -0.3 is 4.57 Å². The average Bonchev–Trinajstić information content (AvgIpc) is 2.48. The van der Waals surface area contributed by atoms with E-state index in [1.54, 1.807) is 6.20 Å². The smallest absolute Gasteiger partial charge is 0.170 e. The van der Waals surface area contributed by atoms with Crippen molar-refractivity contribution in [3.05, 3.63) is 38.9 Å². The van der Waals surface area contributed by atoms with Crippen molar-refractivity contribution >= 4 is 31.9 Å². The Bertz CT molecular complexity index is 486. The zero-order valence-corrected chi connectivity index (χ0v) is 11.5. The van der Waals surface area contributed by atoms with E-state index in [0.29, 0.717) is 0 Å². The van der Waals surface area contributed by atoms with E-state index in [4.69, 9.17) is 0 Å². The summed E-state index contributed by atoms with van der Waals surface area (Å²) >= 11 is 6.70. The quantitative estimate of drug-likeness (QED) is 0.802. The van der Waals surface area contributed by atoms with Gasteiger partial charge in [-0.2, -0.15) is 0 Å². The average molecular weight is 331 g/mol. The van der Waals surface area contributed by atoms with E-state index in [0.717, 1.165) is 26.4 Å². The number of aryl methyl sites for hydroxylation is 2. The normalized spacial score (nSPS) is 10.7. The molecule has 0 unspecified atom stereocenters. The second-order valence-corrected chi connectivity index (χ2v) is 4.82. The van der Waals surface area contributed by atoms with Crippen molar-refractivity contribution in [3.63, 3.8) is 0 Å². The maximum atomic E-state index is 4.35. The molecule has 78 valence electrons. The molecule has 0 aliphatic rings. The number of hydrogen-bond acceptors (Lipinski definition) is 2. The molecular formula is C10H9Br2N3. The van der Waals surface area contributed by atoms with Crippen LogP contribution in [-0.2, 0) is 0 Å². The second kappa shape index (κ2) is 4.06. The predicted octanol–water partition coefficient (Wildman–Crippen LogP) is 3.41. The fourth-order valence-electron chi connectivity index (χ4n) is 1.49. The zero-order chi connectivity index (χ0) is 11.0. The molecule has 0 atom stereocenters. The van der Waals surface area contributed by atoms with Gasteiger partial charge in [0, 0.05) is 11.4 Å². The van der Waals surface area contributed by atoms with Crippen molar-refractivity contribution in [1.29, 1.82) is 0 Å². The third-order valence-corrected chi connectivity index (χ3v) is 3.08. The molecule has 0 N–H and O–H groups in total. The number of rotatable bonds is 1. The molecule has 2 heterocycles. The topological polar surface area (TPSA) is 30.7 Å². The Hall–Kier alpha value is -0.680. The summed E-state index contributed by atoms with van der Waals surface area (Å²) in [6.45, 7) is 4.09. The van der Waals surface area contributed by atoms with E-state index < -0.39 is 0 Å². The van der Waals surface area contributed by atoms with Gasteiger partial charge in [-0.05, 0) is 57.8 Å². The van der Waals surface area contributed by atoms with Crippen LogP contribution in [0.4, 0.5) is 0 Å². The molecule has 0 fully saturated rings. The molecule has 0 radical (unpaired) electrons. The summed E-state index contributed by atoms with van der Waals surface area (Å²) in [6.07, 6.45) is 1.69. The van der Waals surface area contributed by atoms with Crippen molar-refractivity contribution in [1.82, 2.24) is 14.5 Å². The summed E-state index contributed by atoms with van der Waals surface area (Å²) in [4.78, 5) is 8.61. The third-order valence-electron chi connectivity index (χ3n) is 2.17. The van der Waals surface area contributed by atoms with Gasteiger partial charge >= 0.3 is 0 Å². The van der Waals surface area contributed by atoms with Crippen LogP contribution in [0.1, 0.15) is 11.4 Å². The fourth-order valence-corrected chi connectivity index (χ4v) is 2.48. The standard InChI is InChI=1S/C10H9Br2N3/c1-6-3-4-7(2)15(6)10-9(12)14-8(11)5-13-10/h3-5H,1-2H3. The number of hydrogen-bond donors (Lipinski definition) is 0. The van der Waals surface area contributed by atoms with Crippen LogP contribution in [0.5, 0.6) is 0 Å². The molecule has 2 rings (SSSR count). The van der Waals surface area contributed by atoms with Crippen LogP contribution in [0, 0.1) is 13.8 Å². The minimum atomic E-state index is 0.723. The molecular weight excluding hydrogens is 322 g/mol. The molecule has 0 bridgehead atoms. The van der Waals surface area contributed by atoms with E-state index in [2.05, 4.69) is 58.5 Å². The summed E-state index contributed by atoms with van der Waals surface area (Å²) in [5.41, 5.74) is 2.29. The van der Waals surface area contributed by atoms with Crippen molar-refractivity contribution in [3.8, 4) is 5.82 Å². The maximum absolute atomic E-state index is 4.35. The third kappa shape index (κ3) is 1.99. The van der Waals surface area contributed by atoms with Crippen molar-refractivity contribution < 1.29 is 0 Å². The second-order valence-electron chi connectivity index (χ2n) is 3.26. The molecule has 3 nitrogen and oxygen atoms in total. The van der Waals surface area contributed by atoms with E-state index in [9.17, 15) is 0 Å². The lowest BCUT2D eigenvalue weighted by atomic mass is 10.5. The monoisotopic (exact) mass is 329 g/mol. The molecule has 15 heavy (non-hydrogen) atoms. The van der Waals surface area contributed by atoms with Gasteiger partial charge in [-0.15, -0.1) is 0 Å². The summed E-state index contributed by atoms with van der Waals surface area (Å²) < 4.78 is 3.52. The molecule has 2 aromatic heterocycles. The SMILES string of the molecule is Cc1ccc(C)n1-c1ncc(Br)nc1Br. The highest BCUT2D eigenvalue weighted by atomic mass is 79.9. The summed E-state index contributed by atoms with van der Waals surface area (Å²) in [5, 5.41) is 0. The summed E-state index contributed by atoms with van der Waals surface area (Å²) in [5.74, 6) is 0.818. The number of aromatic nitrogens is 3.